The second-order valence-electron chi connectivity index (χ2n) is 10.2. The standard InChI is InChI=1S/C28H25F3N4O/c29-28(30,31)19-8-9-22-23(15-19)34-26(33-22)18-7-10-24(32-16-18)35-13-11-27(12-14-35)21-4-2-1-3-20(21)25(36-27)17-5-6-17/h1-4,7-10,15-17,25H,5-6,11-14H2,(H,33,34). The zero-order valence-corrected chi connectivity index (χ0v) is 19.6. The molecule has 2 fully saturated rings. The first-order valence-electron chi connectivity index (χ1n) is 12.5. The number of aromatic nitrogens is 3. The molecule has 3 aliphatic rings. The number of hydrogen-bond acceptors (Lipinski definition) is 4. The van der Waals surface area contributed by atoms with Crippen LogP contribution in [-0.4, -0.2) is 28.0 Å². The van der Waals surface area contributed by atoms with Gasteiger partial charge in [0.05, 0.1) is 28.3 Å². The second kappa shape index (κ2) is 7.80. The van der Waals surface area contributed by atoms with Gasteiger partial charge in [0.1, 0.15) is 11.6 Å². The van der Waals surface area contributed by atoms with Crippen molar-refractivity contribution in [1.29, 1.82) is 0 Å². The molecular weight excluding hydrogens is 465 g/mol. The highest BCUT2D eigenvalue weighted by molar-refractivity contribution is 5.80. The molecule has 36 heavy (non-hydrogen) atoms. The van der Waals surface area contributed by atoms with Crippen molar-refractivity contribution in [3.05, 3.63) is 77.5 Å². The summed E-state index contributed by atoms with van der Waals surface area (Å²) < 4.78 is 45.9. The summed E-state index contributed by atoms with van der Waals surface area (Å²) in [6.45, 7) is 1.70. The zero-order chi connectivity index (χ0) is 24.5. The first-order chi connectivity index (χ1) is 17.4. The van der Waals surface area contributed by atoms with Gasteiger partial charge in [-0.1, -0.05) is 24.3 Å². The van der Waals surface area contributed by atoms with E-state index < -0.39 is 11.7 Å². The van der Waals surface area contributed by atoms with Crippen molar-refractivity contribution in [1.82, 2.24) is 15.0 Å². The number of pyridine rings is 1. The minimum absolute atomic E-state index is 0.205. The van der Waals surface area contributed by atoms with E-state index in [0.29, 0.717) is 22.8 Å². The molecule has 7 rings (SSSR count). The van der Waals surface area contributed by atoms with Crippen molar-refractivity contribution in [2.75, 3.05) is 18.0 Å². The van der Waals surface area contributed by atoms with E-state index in [1.807, 2.05) is 12.1 Å². The van der Waals surface area contributed by atoms with E-state index in [2.05, 4.69) is 44.1 Å². The average Bonchev–Trinajstić information content (AvgIpc) is 3.57. The fourth-order valence-corrected chi connectivity index (χ4v) is 5.80. The Morgan fingerprint density at radius 3 is 2.53 bits per heavy atom. The molecule has 4 aromatic rings. The fraction of sp³-hybridized carbons (Fsp3) is 0.357. The molecule has 1 unspecified atom stereocenters. The van der Waals surface area contributed by atoms with Gasteiger partial charge in [0.15, 0.2) is 0 Å². The molecule has 1 atom stereocenters. The van der Waals surface area contributed by atoms with Gasteiger partial charge in [-0.2, -0.15) is 13.2 Å². The maximum Gasteiger partial charge on any atom is 0.416 e. The monoisotopic (exact) mass is 490 g/mol. The van der Waals surface area contributed by atoms with Crippen LogP contribution in [0.4, 0.5) is 19.0 Å². The molecule has 2 aromatic heterocycles. The van der Waals surface area contributed by atoms with Gasteiger partial charge < -0.3 is 14.6 Å². The van der Waals surface area contributed by atoms with Crippen LogP contribution in [0.25, 0.3) is 22.4 Å². The van der Waals surface area contributed by atoms with Crippen LogP contribution in [0.15, 0.2) is 60.8 Å². The number of halogens is 3. The molecule has 5 nitrogen and oxygen atoms in total. The quantitative estimate of drug-likeness (QED) is 0.351. The number of hydrogen-bond donors (Lipinski definition) is 1. The zero-order valence-electron chi connectivity index (χ0n) is 19.6. The summed E-state index contributed by atoms with van der Waals surface area (Å²) in [6.07, 6.45) is 1.93. The normalized spacial score (nSPS) is 21.3. The van der Waals surface area contributed by atoms with Crippen LogP contribution in [-0.2, 0) is 16.5 Å². The van der Waals surface area contributed by atoms with Crippen molar-refractivity contribution in [2.24, 2.45) is 5.92 Å². The van der Waals surface area contributed by atoms with Crippen LogP contribution in [0, 0.1) is 5.92 Å². The van der Waals surface area contributed by atoms with Crippen molar-refractivity contribution in [3.63, 3.8) is 0 Å². The number of rotatable bonds is 3. The van der Waals surface area contributed by atoms with Crippen LogP contribution >= 0.6 is 0 Å². The van der Waals surface area contributed by atoms with Gasteiger partial charge in [0, 0.05) is 24.8 Å². The number of ether oxygens (including phenoxy) is 1. The van der Waals surface area contributed by atoms with Gasteiger partial charge in [0.25, 0.3) is 0 Å². The van der Waals surface area contributed by atoms with Crippen LogP contribution in [0.2, 0.25) is 0 Å². The maximum absolute atomic E-state index is 13.0. The van der Waals surface area contributed by atoms with E-state index in [1.165, 1.54) is 30.0 Å². The maximum atomic E-state index is 13.0. The van der Waals surface area contributed by atoms with E-state index in [1.54, 1.807) is 6.20 Å². The summed E-state index contributed by atoms with van der Waals surface area (Å²) >= 11 is 0. The lowest BCUT2D eigenvalue weighted by Crippen LogP contribution is -2.43. The Balaban J connectivity index is 1.08. The topological polar surface area (TPSA) is 54.0 Å². The molecule has 1 aliphatic carbocycles. The van der Waals surface area contributed by atoms with Gasteiger partial charge in [-0.05, 0) is 73.1 Å². The van der Waals surface area contributed by atoms with E-state index in [0.717, 1.165) is 49.4 Å². The number of benzene rings is 2. The van der Waals surface area contributed by atoms with Crippen LogP contribution in [0.3, 0.4) is 0 Å². The number of alkyl halides is 3. The minimum atomic E-state index is -4.39. The summed E-state index contributed by atoms with van der Waals surface area (Å²) in [6, 6.07) is 16.1. The molecule has 0 amide bonds. The third-order valence-corrected chi connectivity index (χ3v) is 7.89. The molecule has 1 saturated heterocycles. The Bertz CT molecular complexity index is 1430. The fourth-order valence-electron chi connectivity index (χ4n) is 5.80. The van der Waals surface area contributed by atoms with E-state index >= 15 is 0 Å². The lowest BCUT2D eigenvalue weighted by atomic mass is 9.83. The third kappa shape index (κ3) is 3.58. The number of nitrogens with one attached hydrogen (secondary N) is 1. The van der Waals surface area contributed by atoms with Crippen molar-refractivity contribution in [3.8, 4) is 11.4 Å². The van der Waals surface area contributed by atoms with Crippen LogP contribution in [0.1, 0.15) is 48.5 Å². The van der Waals surface area contributed by atoms with E-state index in [4.69, 9.17) is 4.74 Å². The molecule has 1 spiro atoms. The summed E-state index contributed by atoms with van der Waals surface area (Å²) in [5.41, 5.74) is 3.42. The highest BCUT2D eigenvalue weighted by Gasteiger charge is 2.50. The van der Waals surface area contributed by atoms with E-state index in [9.17, 15) is 13.2 Å². The number of H-pyrrole nitrogens is 1. The van der Waals surface area contributed by atoms with Gasteiger partial charge in [-0.15, -0.1) is 0 Å². The smallest absolute Gasteiger partial charge is 0.362 e. The highest BCUT2D eigenvalue weighted by Crippen LogP contribution is 2.56. The van der Waals surface area contributed by atoms with Gasteiger partial charge in [0.2, 0.25) is 0 Å². The molecule has 4 heterocycles. The Morgan fingerprint density at radius 2 is 1.81 bits per heavy atom. The molecule has 2 aromatic carbocycles. The van der Waals surface area contributed by atoms with Crippen molar-refractivity contribution >= 4 is 16.9 Å². The molecule has 8 heteroatoms. The minimum Gasteiger partial charge on any atom is -0.362 e. The Labute approximate surface area is 206 Å². The second-order valence-corrected chi connectivity index (χ2v) is 10.2. The summed E-state index contributed by atoms with van der Waals surface area (Å²) in [7, 11) is 0. The van der Waals surface area contributed by atoms with Gasteiger partial charge >= 0.3 is 6.18 Å². The molecular formula is C28H25F3N4O. The molecule has 2 aliphatic heterocycles. The summed E-state index contributed by atoms with van der Waals surface area (Å²) in [4.78, 5) is 14.4. The first-order valence-corrected chi connectivity index (χ1v) is 12.5. The number of fused-ring (bicyclic) bond motifs is 3. The summed E-state index contributed by atoms with van der Waals surface area (Å²) in [5, 5.41) is 0. The largest absolute Gasteiger partial charge is 0.416 e. The third-order valence-electron chi connectivity index (χ3n) is 7.89. The number of aromatic amines is 1. The SMILES string of the molecule is FC(F)(F)c1ccc2nc(-c3ccc(N4CCC5(CC4)OC(C4CC4)c4ccccc45)nc3)[nH]c2c1. The predicted octanol–water partition coefficient (Wildman–Crippen LogP) is 6.62. The van der Waals surface area contributed by atoms with E-state index in [-0.39, 0.29) is 11.7 Å². The number of piperidine rings is 1. The molecule has 184 valence electrons. The number of nitrogens with zero attached hydrogens (tertiary/aromatic N) is 3. The first kappa shape index (κ1) is 21.9. The molecule has 1 saturated carbocycles. The summed E-state index contributed by atoms with van der Waals surface area (Å²) in [5.74, 6) is 2.05. The number of anilines is 1. The predicted molar refractivity (Wildman–Crippen MR) is 130 cm³/mol. The van der Waals surface area contributed by atoms with Gasteiger partial charge in [-0.3, -0.25) is 0 Å². The molecule has 0 bridgehead atoms. The highest BCUT2D eigenvalue weighted by atomic mass is 19.4. The lowest BCUT2D eigenvalue weighted by Gasteiger charge is -2.40. The number of imidazole rings is 1. The average molecular weight is 491 g/mol. The van der Waals surface area contributed by atoms with Crippen molar-refractivity contribution < 1.29 is 17.9 Å². The molecule has 0 radical (unpaired) electrons. The Hall–Kier alpha value is -3.39. The van der Waals surface area contributed by atoms with Crippen molar-refractivity contribution in [2.45, 2.75) is 43.6 Å². The Kier molecular flexibility index (Phi) is 4.74. The Morgan fingerprint density at radius 1 is 1.00 bits per heavy atom. The lowest BCUT2D eigenvalue weighted by molar-refractivity contribution is -0.137. The van der Waals surface area contributed by atoms with Crippen LogP contribution < -0.4 is 4.90 Å². The van der Waals surface area contributed by atoms with Gasteiger partial charge in [-0.25, -0.2) is 9.97 Å². The van der Waals surface area contributed by atoms with Crippen LogP contribution in [0.5, 0.6) is 0 Å². The molecule has 1 N–H and O–H groups in total.